The third-order valence-electron chi connectivity index (χ3n) is 5.78. The molecule has 0 saturated heterocycles. The number of nitriles is 1. The SMILES string of the molecule is CC.COc1ccc(-c2c(C)c(C)nc(SCc3nc(-c4ccc(C)cc4)oc3C)c2C#N)cc1.OCCO. The lowest BCUT2D eigenvalue weighted by atomic mass is 9.96. The summed E-state index contributed by atoms with van der Waals surface area (Å²) in [6, 6.07) is 18.3. The number of oxazole rings is 1. The highest BCUT2D eigenvalue weighted by Crippen LogP contribution is 2.36. The molecular weight excluding hydrogens is 510 g/mol. The van der Waals surface area contributed by atoms with Crippen LogP contribution in [0.25, 0.3) is 22.6 Å². The topological polar surface area (TPSA) is 112 Å². The number of hydrogen-bond acceptors (Lipinski definition) is 8. The molecule has 2 aromatic heterocycles. The Hall–Kier alpha value is -3.64. The van der Waals surface area contributed by atoms with E-state index in [-0.39, 0.29) is 13.2 Å². The van der Waals surface area contributed by atoms with Crippen molar-refractivity contribution in [3.63, 3.8) is 0 Å². The van der Waals surface area contributed by atoms with Gasteiger partial charge in [-0.25, -0.2) is 9.97 Å². The Kier molecular flexibility index (Phi) is 12.7. The summed E-state index contributed by atoms with van der Waals surface area (Å²) in [7, 11) is 1.64. The first kappa shape index (κ1) is 31.6. The van der Waals surface area contributed by atoms with Crippen LogP contribution in [0.2, 0.25) is 0 Å². The summed E-state index contributed by atoms with van der Waals surface area (Å²) in [6.45, 7) is 11.7. The number of methoxy groups -OCH3 is 1. The molecule has 8 heteroatoms. The first-order valence-electron chi connectivity index (χ1n) is 12.8. The minimum absolute atomic E-state index is 0.125. The maximum Gasteiger partial charge on any atom is 0.226 e. The van der Waals surface area contributed by atoms with E-state index < -0.39 is 0 Å². The molecule has 0 spiro atoms. The minimum Gasteiger partial charge on any atom is -0.497 e. The number of hydrogen-bond donors (Lipinski definition) is 2. The number of aryl methyl sites for hydroxylation is 3. The lowest BCUT2D eigenvalue weighted by molar-refractivity contribution is 0.186. The number of pyridine rings is 1. The van der Waals surface area contributed by atoms with Gasteiger partial charge in [0.05, 0.1) is 31.6 Å². The number of ether oxygens (including phenoxy) is 1. The number of thioether (sulfide) groups is 1. The highest BCUT2D eigenvalue weighted by atomic mass is 32.2. The molecule has 4 rings (SSSR count). The largest absolute Gasteiger partial charge is 0.497 e. The molecule has 0 saturated carbocycles. The molecule has 2 N–H and O–H groups in total. The van der Waals surface area contributed by atoms with Gasteiger partial charge in [-0.05, 0) is 63.1 Å². The molecule has 2 heterocycles. The molecule has 0 aliphatic rings. The van der Waals surface area contributed by atoms with Crippen LogP contribution in [-0.2, 0) is 5.75 Å². The first-order valence-corrected chi connectivity index (χ1v) is 13.7. The molecule has 7 nitrogen and oxygen atoms in total. The Labute approximate surface area is 235 Å². The van der Waals surface area contributed by atoms with Crippen molar-refractivity contribution in [2.45, 2.75) is 52.3 Å². The molecule has 0 radical (unpaired) electrons. The number of aromatic nitrogens is 2. The van der Waals surface area contributed by atoms with Gasteiger partial charge >= 0.3 is 0 Å². The Morgan fingerprint density at radius 2 is 1.49 bits per heavy atom. The van der Waals surface area contributed by atoms with Gasteiger partial charge in [-0.2, -0.15) is 5.26 Å². The summed E-state index contributed by atoms with van der Waals surface area (Å²) < 4.78 is 11.2. The Balaban J connectivity index is 0.000000815. The second-order valence-electron chi connectivity index (χ2n) is 8.34. The van der Waals surface area contributed by atoms with Gasteiger partial charge in [0.1, 0.15) is 22.6 Å². The van der Waals surface area contributed by atoms with E-state index in [0.29, 0.717) is 22.2 Å². The molecule has 39 heavy (non-hydrogen) atoms. The highest BCUT2D eigenvalue weighted by molar-refractivity contribution is 7.98. The van der Waals surface area contributed by atoms with Crippen LogP contribution in [0.1, 0.15) is 47.7 Å². The van der Waals surface area contributed by atoms with Gasteiger partial charge in [-0.3, -0.25) is 0 Å². The van der Waals surface area contributed by atoms with E-state index >= 15 is 0 Å². The number of aliphatic hydroxyl groups is 2. The fourth-order valence-corrected chi connectivity index (χ4v) is 4.65. The summed E-state index contributed by atoms with van der Waals surface area (Å²) in [5.41, 5.74) is 7.35. The molecule has 0 unspecified atom stereocenters. The van der Waals surface area contributed by atoms with E-state index in [9.17, 15) is 5.26 Å². The predicted octanol–water partition coefficient (Wildman–Crippen LogP) is 6.81. The van der Waals surface area contributed by atoms with Crippen molar-refractivity contribution in [2.24, 2.45) is 0 Å². The fraction of sp³-hybridized carbons (Fsp3) is 0.323. The van der Waals surface area contributed by atoms with Crippen LogP contribution >= 0.6 is 11.8 Å². The van der Waals surface area contributed by atoms with Crippen molar-refractivity contribution in [2.75, 3.05) is 20.3 Å². The van der Waals surface area contributed by atoms with Crippen LogP contribution in [0.5, 0.6) is 5.75 Å². The lowest BCUT2D eigenvalue weighted by Crippen LogP contribution is -2.00. The van der Waals surface area contributed by atoms with E-state index in [1.807, 2.05) is 83.1 Å². The van der Waals surface area contributed by atoms with E-state index in [0.717, 1.165) is 45.2 Å². The van der Waals surface area contributed by atoms with Gasteiger partial charge < -0.3 is 19.4 Å². The van der Waals surface area contributed by atoms with Crippen LogP contribution < -0.4 is 4.74 Å². The molecule has 0 aliphatic carbocycles. The molecular formula is C31H37N3O4S. The van der Waals surface area contributed by atoms with Crippen LogP contribution in [0.15, 0.2) is 58.0 Å². The molecule has 0 bridgehead atoms. The summed E-state index contributed by atoms with van der Waals surface area (Å²) in [6.07, 6.45) is 0. The molecule has 0 amide bonds. The Bertz CT molecular complexity index is 1370. The minimum atomic E-state index is -0.125. The lowest BCUT2D eigenvalue weighted by Gasteiger charge is -2.14. The molecule has 0 aliphatic heterocycles. The normalized spacial score (nSPS) is 10.1. The third-order valence-corrected chi connectivity index (χ3v) is 6.76. The zero-order chi connectivity index (χ0) is 28.9. The van der Waals surface area contributed by atoms with Crippen LogP contribution in [0.4, 0.5) is 0 Å². The smallest absolute Gasteiger partial charge is 0.226 e. The summed E-state index contributed by atoms with van der Waals surface area (Å²) in [5.74, 6) is 2.72. The maximum atomic E-state index is 10.0. The monoisotopic (exact) mass is 547 g/mol. The molecule has 0 atom stereocenters. The molecule has 4 aromatic rings. The van der Waals surface area contributed by atoms with Crippen LogP contribution in [0.3, 0.4) is 0 Å². The van der Waals surface area contributed by atoms with E-state index in [1.54, 1.807) is 7.11 Å². The number of rotatable bonds is 7. The Morgan fingerprint density at radius 1 is 0.897 bits per heavy atom. The van der Waals surface area contributed by atoms with Gasteiger partial charge in [0.2, 0.25) is 5.89 Å². The van der Waals surface area contributed by atoms with Crippen molar-refractivity contribution in [3.05, 3.63) is 82.4 Å². The second kappa shape index (κ2) is 15.7. The molecule has 0 fully saturated rings. The average molecular weight is 548 g/mol. The van der Waals surface area contributed by atoms with Crippen molar-refractivity contribution in [1.82, 2.24) is 9.97 Å². The molecule has 206 valence electrons. The summed E-state index contributed by atoms with van der Waals surface area (Å²) in [5, 5.41) is 26.0. The van der Waals surface area contributed by atoms with Crippen LogP contribution in [-0.4, -0.2) is 40.5 Å². The average Bonchev–Trinajstić information content (AvgIpc) is 3.35. The fourth-order valence-electron chi connectivity index (χ4n) is 3.61. The van der Waals surface area contributed by atoms with Gasteiger partial charge in [-0.15, -0.1) is 0 Å². The van der Waals surface area contributed by atoms with Crippen molar-refractivity contribution in [1.29, 1.82) is 5.26 Å². The van der Waals surface area contributed by atoms with Crippen LogP contribution in [0, 0.1) is 39.0 Å². The number of aliphatic hydroxyl groups excluding tert-OH is 2. The Morgan fingerprint density at radius 3 is 2.03 bits per heavy atom. The number of benzene rings is 2. The third kappa shape index (κ3) is 8.17. The highest BCUT2D eigenvalue weighted by Gasteiger charge is 2.19. The van der Waals surface area contributed by atoms with Crippen molar-refractivity contribution < 1.29 is 19.4 Å². The maximum absolute atomic E-state index is 10.0. The van der Waals surface area contributed by atoms with Crippen molar-refractivity contribution in [3.8, 4) is 34.4 Å². The van der Waals surface area contributed by atoms with Gasteiger partial charge in [-0.1, -0.05) is 55.4 Å². The summed E-state index contributed by atoms with van der Waals surface area (Å²) in [4.78, 5) is 9.45. The predicted molar refractivity (Wildman–Crippen MR) is 157 cm³/mol. The quantitative estimate of drug-likeness (QED) is 0.243. The van der Waals surface area contributed by atoms with E-state index in [2.05, 4.69) is 13.0 Å². The zero-order valence-electron chi connectivity index (χ0n) is 23.7. The van der Waals surface area contributed by atoms with Gasteiger partial charge in [0.15, 0.2) is 0 Å². The van der Waals surface area contributed by atoms with Gasteiger partial charge in [0, 0.05) is 22.6 Å². The summed E-state index contributed by atoms with van der Waals surface area (Å²) >= 11 is 1.51. The van der Waals surface area contributed by atoms with Crippen molar-refractivity contribution >= 4 is 11.8 Å². The standard InChI is InChI=1S/C27H25N3O2S.C2H6O2.C2H6/c1-16-6-8-21(9-7-16)26-30-24(19(4)32-26)15-33-27-23(14-28)25(17(2)18(3)29-27)20-10-12-22(31-5)13-11-20;3-1-2-4;1-2/h6-13H,15H2,1-5H3;3-4H,1-2H2;1-2H3. The molecule has 2 aromatic carbocycles. The van der Waals surface area contributed by atoms with E-state index in [4.69, 9.17) is 29.3 Å². The second-order valence-corrected chi connectivity index (χ2v) is 9.31. The number of nitrogens with zero attached hydrogens (tertiary/aromatic N) is 3. The van der Waals surface area contributed by atoms with E-state index in [1.165, 1.54) is 17.3 Å². The van der Waals surface area contributed by atoms with Gasteiger partial charge in [0.25, 0.3) is 0 Å². The first-order chi connectivity index (χ1) is 18.8. The zero-order valence-corrected chi connectivity index (χ0v) is 24.5.